The Morgan fingerprint density at radius 1 is 1.08 bits per heavy atom. The molecule has 0 aromatic heterocycles. The van der Waals surface area contributed by atoms with Crippen LogP contribution in [0.25, 0.3) is 0 Å². The van der Waals surface area contributed by atoms with Crippen LogP contribution in [0.5, 0.6) is 11.5 Å². The summed E-state index contributed by atoms with van der Waals surface area (Å²) in [7, 11) is 0. The lowest BCUT2D eigenvalue weighted by Crippen LogP contribution is -2.59. The standard InChI is InChI=1S/C18H20N2O5/c21-17(13-4-15-16(25-9-24-15)5-14(13)20(22)23)19-18-6-10-1-11(7-18)3-12(2-10)8-18/h4-5,10-12H,1-3,6-9H2,(H,19,21). The van der Waals surface area contributed by atoms with Crippen LogP contribution >= 0.6 is 0 Å². The molecule has 4 aliphatic carbocycles. The third-order valence-corrected chi connectivity index (χ3v) is 6.35. The van der Waals surface area contributed by atoms with E-state index in [1.807, 2.05) is 0 Å². The molecule has 5 aliphatic rings. The van der Waals surface area contributed by atoms with Crippen LogP contribution in [0.3, 0.4) is 0 Å². The Kier molecular flexibility index (Phi) is 3.05. The first kappa shape index (κ1) is 15.0. The molecule has 7 nitrogen and oxygen atoms in total. The van der Waals surface area contributed by atoms with E-state index < -0.39 is 4.92 Å². The lowest BCUT2D eigenvalue weighted by Gasteiger charge is -2.56. The van der Waals surface area contributed by atoms with Gasteiger partial charge in [0.1, 0.15) is 5.56 Å². The molecule has 1 aromatic carbocycles. The number of amides is 1. The van der Waals surface area contributed by atoms with E-state index in [1.54, 1.807) is 0 Å². The Balaban J connectivity index is 1.46. The summed E-state index contributed by atoms with van der Waals surface area (Å²) in [5.74, 6) is 2.42. The van der Waals surface area contributed by atoms with Crippen molar-refractivity contribution < 1.29 is 19.2 Å². The molecular weight excluding hydrogens is 324 g/mol. The summed E-state index contributed by atoms with van der Waals surface area (Å²) in [5.41, 5.74) is -0.354. The molecule has 4 saturated carbocycles. The average molecular weight is 344 g/mol. The molecule has 6 rings (SSSR count). The summed E-state index contributed by atoms with van der Waals surface area (Å²) in [6, 6.07) is 2.73. The second-order valence-corrected chi connectivity index (χ2v) is 8.13. The first-order valence-corrected chi connectivity index (χ1v) is 8.92. The average Bonchev–Trinajstić information content (AvgIpc) is 2.99. The van der Waals surface area contributed by atoms with Gasteiger partial charge in [-0.3, -0.25) is 14.9 Å². The van der Waals surface area contributed by atoms with E-state index in [0.29, 0.717) is 29.3 Å². The summed E-state index contributed by atoms with van der Waals surface area (Å²) >= 11 is 0. The van der Waals surface area contributed by atoms with E-state index in [-0.39, 0.29) is 29.5 Å². The Labute approximate surface area is 144 Å². The third-order valence-electron chi connectivity index (χ3n) is 6.35. The van der Waals surface area contributed by atoms with Gasteiger partial charge in [0.2, 0.25) is 6.79 Å². The summed E-state index contributed by atoms with van der Waals surface area (Å²) in [4.78, 5) is 23.8. The van der Waals surface area contributed by atoms with Crippen LogP contribution in [0, 0.1) is 27.9 Å². The fourth-order valence-corrected chi connectivity index (χ4v) is 5.84. The van der Waals surface area contributed by atoms with Gasteiger partial charge < -0.3 is 14.8 Å². The van der Waals surface area contributed by atoms with E-state index in [1.165, 1.54) is 31.4 Å². The molecule has 1 N–H and O–H groups in total. The van der Waals surface area contributed by atoms with Gasteiger partial charge in [-0.2, -0.15) is 0 Å². The van der Waals surface area contributed by atoms with Crippen LogP contribution in [0.15, 0.2) is 12.1 Å². The number of nitro groups is 1. The van der Waals surface area contributed by atoms with E-state index in [2.05, 4.69) is 5.32 Å². The molecule has 4 fully saturated rings. The second kappa shape index (κ2) is 5.09. The normalized spacial score (nSPS) is 34.2. The molecule has 0 saturated heterocycles. The number of hydrogen-bond donors (Lipinski definition) is 1. The number of carbonyl (C=O) groups excluding carboxylic acids is 1. The lowest BCUT2D eigenvalue weighted by molar-refractivity contribution is -0.385. The first-order valence-electron chi connectivity index (χ1n) is 8.92. The highest BCUT2D eigenvalue weighted by molar-refractivity contribution is 5.99. The van der Waals surface area contributed by atoms with E-state index in [9.17, 15) is 14.9 Å². The van der Waals surface area contributed by atoms with Gasteiger partial charge in [-0.05, 0) is 56.3 Å². The van der Waals surface area contributed by atoms with Crippen molar-refractivity contribution in [1.82, 2.24) is 5.32 Å². The summed E-state index contributed by atoms with van der Waals surface area (Å²) in [6.45, 7) is 0.0204. The van der Waals surface area contributed by atoms with Crippen molar-refractivity contribution in [2.24, 2.45) is 17.8 Å². The molecule has 25 heavy (non-hydrogen) atoms. The SMILES string of the molecule is O=C(NC12CC3CC(CC(C3)C1)C2)c1cc2c(cc1[N+](=O)[O-])OCO2. The Hall–Kier alpha value is -2.31. The van der Waals surface area contributed by atoms with Crippen molar-refractivity contribution in [3.63, 3.8) is 0 Å². The zero-order valence-corrected chi connectivity index (χ0v) is 13.8. The van der Waals surface area contributed by atoms with Gasteiger partial charge in [0, 0.05) is 11.6 Å². The highest BCUT2D eigenvalue weighted by Gasteiger charge is 2.51. The van der Waals surface area contributed by atoms with Crippen molar-refractivity contribution in [1.29, 1.82) is 0 Å². The fraction of sp³-hybridized carbons (Fsp3) is 0.611. The van der Waals surface area contributed by atoms with Gasteiger partial charge >= 0.3 is 0 Å². The van der Waals surface area contributed by atoms with Crippen LogP contribution in [0.2, 0.25) is 0 Å². The van der Waals surface area contributed by atoms with Gasteiger partial charge in [-0.15, -0.1) is 0 Å². The van der Waals surface area contributed by atoms with Crippen LogP contribution in [-0.2, 0) is 0 Å². The van der Waals surface area contributed by atoms with Crippen molar-refractivity contribution in [2.75, 3.05) is 6.79 Å². The topological polar surface area (TPSA) is 90.7 Å². The molecule has 1 aromatic rings. The lowest BCUT2D eigenvalue weighted by atomic mass is 9.53. The molecule has 4 bridgehead atoms. The molecule has 1 aliphatic heterocycles. The maximum Gasteiger partial charge on any atom is 0.286 e. The molecule has 0 unspecified atom stereocenters. The zero-order chi connectivity index (χ0) is 17.2. The van der Waals surface area contributed by atoms with Gasteiger partial charge in [-0.25, -0.2) is 0 Å². The predicted octanol–water partition coefficient (Wildman–Crippen LogP) is 3.02. The van der Waals surface area contributed by atoms with E-state index >= 15 is 0 Å². The Morgan fingerprint density at radius 3 is 2.20 bits per heavy atom. The van der Waals surface area contributed by atoms with E-state index in [4.69, 9.17) is 9.47 Å². The van der Waals surface area contributed by atoms with Gasteiger partial charge in [0.05, 0.1) is 11.0 Å². The van der Waals surface area contributed by atoms with Crippen molar-refractivity contribution in [2.45, 2.75) is 44.1 Å². The van der Waals surface area contributed by atoms with Crippen LogP contribution in [0.1, 0.15) is 48.9 Å². The Morgan fingerprint density at radius 2 is 1.64 bits per heavy atom. The molecule has 132 valence electrons. The molecule has 1 heterocycles. The number of hydrogen-bond acceptors (Lipinski definition) is 5. The number of nitro benzene ring substituents is 1. The zero-order valence-electron chi connectivity index (χ0n) is 13.8. The largest absolute Gasteiger partial charge is 0.454 e. The second-order valence-electron chi connectivity index (χ2n) is 8.13. The Bertz CT molecular complexity index is 740. The minimum atomic E-state index is -0.531. The van der Waals surface area contributed by atoms with Crippen LogP contribution in [0.4, 0.5) is 5.69 Å². The van der Waals surface area contributed by atoms with Gasteiger partial charge in [-0.1, -0.05) is 0 Å². The van der Waals surface area contributed by atoms with Gasteiger partial charge in [0.25, 0.3) is 11.6 Å². The molecular formula is C18H20N2O5. The monoisotopic (exact) mass is 344 g/mol. The highest BCUT2D eigenvalue weighted by Crippen LogP contribution is 2.55. The summed E-state index contributed by atoms with van der Waals surface area (Å²) in [5, 5.41) is 14.6. The maximum atomic E-state index is 12.9. The molecule has 0 radical (unpaired) electrons. The minimum Gasteiger partial charge on any atom is -0.454 e. The third kappa shape index (κ3) is 2.36. The molecule has 1 amide bonds. The van der Waals surface area contributed by atoms with Crippen LogP contribution in [-0.4, -0.2) is 23.2 Å². The molecule has 0 spiro atoms. The van der Waals surface area contributed by atoms with E-state index in [0.717, 1.165) is 19.3 Å². The maximum absolute atomic E-state index is 12.9. The van der Waals surface area contributed by atoms with Crippen molar-refractivity contribution >= 4 is 11.6 Å². The highest BCUT2D eigenvalue weighted by atomic mass is 16.7. The quantitative estimate of drug-likeness (QED) is 0.672. The number of nitrogens with one attached hydrogen (secondary N) is 1. The fourth-order valence-electron chi connectivity index (χ4n) is 5.84. The number of rotatable bonds is 3. The first-order chi connectivity index (χ1) is 12.0. The molecule has 0 atom stereocenters. The van der Waals surface area contributed by atoms with Crippen molar-refractivity contribution in [3.8, 4) is 11.5 Å². The number of benzene rings is 1. The summed E-state index contributed by atoms with van der Waals surface area (Å²) < 4.78 is 10.5. The number of nitrogens with zero attached hydrogens (tertiary/aromatic N) is 1. The van der Waals surface area contributed by atoms with Crippen molar-refractivity contribution in [3.05, 3.63) is 27.8 Å². The minimum absolute atomic E-state index is 0.0204. The number of ether oxygens (including phenoxy) is 2. The summed E-state index contributed by atoms with van der Waals surface area (Å²) in [6.07, 6.45) is 6.84. The van der Waals surface area contributed by atoms with Crippen LogP contribution < -0.4 is 14.8 Å². The predicted molar refractivity (Wildman–Crippen MR) is 87.6 cm³/mol. The number of fused-ring (bicyclic) bond motifs is 1. The number of carbonyl (C=O) groups is 1. The molecule has 7 heteroatoms. The smallest absolute Gasteiger partial charge is 0.286 e. The van der Waals surface area contributed by atoms with Gasteiger partial charge in [0.15, 0.2) is 11.5 Å².